The molecule has 0 unspecified atom stereocenters. The second kappa shape index (κ2) is 3.53. The van der Waals surface area contributed by atoms with Crippen LogP contribution in [0.25, 0.3) is 5.69 Å². The van der Waals surface area contributed by atoms with Crippen LogP contribution in [0.3, 0.4) is 0 Å². The van der Waals surface area contributed by atoms with E-state index >= 15 is 0 Å². The lowest BCUT2D eigenvalue weighted by Gasteiger charge is -2.05. The molecule has 2 rings (SSSR count). The second-order valence-electron chi connectivity index (χ2n) is 3.16. The average molecular weight is 252 g/mol. The maximum Gasteiger partial charge on any atom is 0.106 e. The van der Waals surface area contributed by atoms with E-state index in [-0.39, 0.29) is 0 Å². The lowest BCUT2D eigenvalue weighted by molar-refractivity contribution is 1.000. The highest BCUT2D eigenvalue weighted by molar-refractivity contribution is 9.10. The molecule has 0 aliphatic heterocycles. The molecule has 4 heteroatoms. The van der Waals surface area contributed by atoms with Crippen molar-refractivity contribution in [2.75, 3.05) is 0 Å². The minimum atomic E-state index is 0.857. The number of hydrogen-bond acceptors (Lipinski definition) is 2. The summed E-state index contributed by atoms with van der Waals surface area (Å²) in [5.41, 5.74) is 3.05. The molecule has 72 valence electrons. The zero-order valence-electron chi connectivity index (χ0n) is 8.03. The molecule has 3 nitrogen and oxygen atoms in total. The van der Waals surface area contributed by atoms with Crippen LogP contribution in [0, 0.1) is 13.8 Å². The Balaban J connectivity index is 2.52. The number of aryl methyl sites for hydroxylation is 2. The van der Waals surface area contributed by atoms with Crippen LogP contribution in [0.5, 0.6) is 0 Å². The Hall–Kier alpha value is -1.16. The van der Waals surface area contributed by atoms with Crippen LogP contribution in [-0.2, 0) is 0 Å². The molecule has 0 saturated carbocycles. The summed E-state index contributed by atoms with van der Waals surface area (Å²) in [7, 11) is 0. The van der Waals surface area contributed by atoms with Gasteiger partial charge in [0, 0.05) is 6.20 Å². The van der Waals surface area contributed by atoms with Gasteiger partial charge >= 0.3 is 0 Å². The summed E-state index contributed by atoms with van der Waals surface area (Å²) in [4.78, 5) is 8.51. The van der Waals surface area contributed by atoms with Crippen molar-refractivity contribution in [1.29, 1.82) is 0 Å². The minimum Gasteiger partial charge on any atom is -0.304 e. The summed E-state index contributed by atoms with van der Waals surface area (Å²) in [6.07, 6.45) is 3.78. The molecule has 0 aliphatic rings. The van der Waals surface area contributed by atoms with Crippen LogP contribution in [0.4, 0.5) is 0 Å². The number of aromatic nitrogens is 3. The van der Waals surface area contributed by atoms with Gasteiger partial charge in [-0.1, -0.05) is 0 Å². The third kappa shape index (κ3) is 1.70. The molecule has 2 aromatic rings. The molecule has 0 amide bonds. The molecule has 0 bridgehead atoms. The van der Waals surface area contributed by atoms with Crippen molar-refractivity contribution in [2.24, 2.45) is 0 Å². The number of imidazole rings is 1. The van der Waals surface area contributed by atoms with Gasteiger partial charge < -0.3 is 4.57 Å². The average Bonchev–Trinajstić information content (AvgIpc) is 2.51. The lowest BCUT2D eigenvalue weighted by atomic mass is 10.3. The van der Waals surface area contributed by atoms with E-state index in [2.05, 4.69) is 25.9 Å². The normalized spacial score (nSPS) is 10.5. The Morgan fingerprint density at radius 2 is 2.07 bits per heavy atom. The summed E-state index contributed by atoms with van der Waals surface area (Å²) in [5, 5.41) is 0. The Labute approximate surface area is 90.9 Å². The van der Waals surface area contributed by atoms with Crippen LogP contribution in [0.2, 0.25) is 0 Å². The fourth-order valence-electron chi connectivity index (χ4n) is 1.35. The highest BCUT2D eigenvalue weighted by Crippen LogP contribution is 2.15. The summed E-state index contributed by atoms with van der Waals surface area (Å²) < 4.78 is 2.83. The van der Waals surface area contributed by atoms with Gasteiger partial charge in [-0.2, -0.15) is 0 Å². The number of hydrogen-bond donors (Lipinski definition) is 0. The standard InChI is InChI=1S/C10H10BrN3/c1-7-5-14(6-12-7)9-3-4-10(11)13-8(9)2/h3-6H,1-2H3. The molecule has 0 radical (unpaired) electrons. The van der Waals surface area contributed by atoms with Crippen LogP contribution in [0.1, 0.15) is 11.4 Å². The van der Waals surface area contributed by atoms with Crippen molar-refractivity contribution in [1.82, 2.24) is 14.5 Å². The predicted molar refractivity (Wildman–Crippen MR) is 58.5 cm³/mol. The van der Waals surface area contributed by atoms with Crippen molar-refractivity contribution in [3.05, 3.63) is 40.6 Å². The minimum absolute atomic E-state index is 0.857. The highest BCUT2D eigenvalue weighted by Gasteiger charge is 2.02. The number of pyridine rings is 1. The highest BCUT2D eigenvalue weighted by atomic mass is 79.9. The van der Waals surface area contributed by atoms with Gasteiger partial charge in [0.15, 0.2) is 0 Å². The van der Waals surface area contributed by atoms with E-state index in [1.807, 2.05) is 36.7 Å². The summed E-state index contributed by atoms with van der Waals surface area (Å²) in [6.45, 7) is 3.95. The SMILES string of the molecule is Cc1cn(-c2ccc(Br)nc2C)cn1. The van der Waals surface area contributed by atoms with Gasteiger partial charge in [-0.25, -0.2) is 9.97 Å². The molecule has 0 fully saturated rings. The topological polar surface area (TPSA) is 30.7 Å². The molecule has 0 aliphatic carbocycles. The molecule has 2 heterocycles. The number of nitrogens with zero attached hydrogens (tertiary/aromatic N) is 3. The third-order valence-corrected chi connectivity index (χ3v) is 2.46. The van der Waals surface area contributed by atoms with Gasteiger partial charge in [-0.15, -0.1) is 0 Å². The molecule has 0 aromatic carbocycles. The number of rotatable bonds is 1. The predicted octanol–water partition coefficient (Wildman–Crippen LogP) is 2.65. The van der Waals surface area contributed by atoms with Crippen LogP contribution in [0.15, 0.2) is 29.3 Å². The van der Waals surface area contributed by atoms with Crippen LogP contribution < -0.4 is 0 Å². The Morgan fingerprint density at radius 3 is 2.64 bits per heavy atom. The molecule has 14 heavy (non-hydrogen) atoms. The first kappa shape index (κ1) is 9.40. The molecule has 0 N–H and O–H groups in total. The second-order valence-corrected chi connectivity index (χ2v) is 3.97. The van der Waals surface area contributed by atoms with Gasteiger partial charge in [-0.05, 0) is 41.9 Å². The van der Waals surface area contributed by atoms with E-state index in [4.69, 9.17) is 0 Å². The smallest absolute Gasteiger partial charge is 0.106 e. The van der Waals surface area contributed by atoms with E-state index in [1.54, 1.807) is 6.33 Å². The van der Waals surface area contributed by atoms with Crippen molar-refractivity contribution < 1.29 is 0 Å². The Morgan fingerprint density at radius 1 is 1.29 bits per heavy atom. The molecule has 0 saturated heterocycles. The van der Waals surface area contributed by atoms with Crippen molar-refractivity contribution in [3.63, 3.8) is 0 Å². The lowest BCUT2D eigenvalue weighted by Crippen LogP contribution is -1.96. The van der Waals surface area contributed by atoms with E-state index < -0.39 is 0 Å². The number of halogens is 1. The molecule has 2 aromatic heterocycles. The first-order valence-corrected chi connectivity index (χ1v) is 5.10. The largest absolute Gasteiger partial charge is 0.304 e. The zero-order chi connectivity index (χ0) is 10.1. The monoisotopic (exact) mass is 251 g/mol. The van der Waals surface area contributed by atoms with Gasteiger partial charge in [-0.3, -0.25) is 0 Å². The Bertz CT molecular complexity index is 462. The van der Waals surface area contributed by atoms with E-state index in [0.29, 0.717) is 0 Å². The molecular weight excluding hydrogens is 242 g/mol. The van der Waals surface area contributed by atoms with E-state index in [9.17, 15) is 0 Å². The van der Waals surface area contributed by atoms with Gasteiger partial charge in [0.25, 0.3) is 0 Å². The van der Waals surface area contributed by atoms with Crippen molar-refractivity contribution in [2.45, 2.75) is 13.8 Å². The molecular formula is C10H10BrN3. The third-order valence-electron chi connectivity index (χ3n) is 2.01. The van der Waals surface area contributed by atoms with Gasteiger partial charge in [0.2, 0.25) is 0 Å². The first-order chi connectivity index (χ1) is 6.66. The zero-order valence-corrected chi connectivity index (χ0v) is 9.62. The maximum atomic E-state index is 4.33. The Kier molecular flexibility index (Phi) is 2.37. The summed E-state index contributed by atoms with van der Waals surface area (Å²) >= 11 is 3.34. The maximum absolute atomic E-state index is 4.33. The van der Waals surface area contributed by atoms with Crippen molar-refractivity contribution >= 4 is 15.9 Å². The quantitative estimate of drug-likeness (QED) is 0.730. The molecule has 0 spiro atoms. The van der Waals surface area contributed by atoms with E-state index in [0.717, 1.165) is 21.7 Å². The van der Waals surface area contributed by atoms with E-state index in [1.165, 1.54) is 0 Å². The summed E-state index contributed by atoms with van der Waals surface area (Å²) in [5.74, 6) is 0. The van der Waals surface area contributed by atoms with Crippen LogP contribution >= 0.6 is 15.9 Å². The van der Waals surface area contributed by atoms with Crippen molar-refractivity contribution in [3.8, 4) is 5.69 Å². The fraction of sp³-hybridized carbons (Fsp3) is 0.200. The van der Waals surface area contributed by atoms with Gasteiger partial charge in [0.1, 0.15) is 4.60 Å². The molecule has 0 atom stereocenters. The summed E-state index contributed by atoms with van der Waals surface area (Å²) in [6, 6.07) is 3.95. The fourth-order valence-corrected chi connectivity index (χ4v) is 1.75. The van der Waals surface area contributed by atoms with Crippen LogP contribution in [-0.4, -0.2) is 14.5 Å². The van der Waals surface area contributed by atoms with Gasteiger partial charge in [0.05, 0.1) is 23.4 Å². The first-order valence-electron chi connectivity index (χ1n) is 4.31.